The maximum absolute atomic E-state index is 11.6. The monoisotopic (exact) mass is 993 g/mol. The summed E-state index contributed by atoms with van der Waals surface area (Å²) in [5, 5.41) is 2.39. The lowest BCUT2D eigenvalue weighted by Gasteiger charge is -2.29. The van der Waals surface area contributed by atoms with E-state index in [0.29, 0.717) is 5.41 Å². The van der Waals surface area contributed by atoms with E-state index < -0.39 is 51.6 Å². The largest absolute Gasteiger partial charge is 0.462 e. The van der Waals surface area contributed by atoms with Crippen LogP contribution in [0.5, 0.6) is 0 Å². The normalized spacial score (nSPS) is 9.84. The minimum absolute atomic E-state index is 0.00463. The predicted molar refractivity (Wildman–Crippen MR) is 238 cm³/mol. The van der Waals surface area contributed by atoms with Gasteiger partial charge in [-0.3, -0.25) is 28.8 Å². The lowest BCUT2D eigenvalue weighted by atomic mass is 9.92. The van der Waals surface area contributed by atoms with Gasteiger partial charge in [0.2, 0.25) is 5.91 Å². The minimum atomic E-state index is -5.24. The number of esters is 5. The van der Waals surface area contributed by atoms with Crippen LogP contribution in [0.25, 0.3) is 0 Å². The van der Waals surface area contributed by atoms with Crippen LogP contribution >= 0.6 is 11.8 Å². The van der Waals surface area contributed by atoms with Gasteiger partial charge in [-0.1, -0.05) is 48.0 Å². The molecule has 0 aromatic heterocycles. The van der Waals surface area contributed by atoms with Gasteiger partial charge in [0, 0.05) is 75.3 Å². The number of Topliss-reactive ketones (excluding diaryl/α,β-unsaturated/α-hetero) is 1. The van der Waals surface area contributed by atoms with Crippen molar-refractivity contribution >= 4 is 63.1 Å². The molecule has 0 heterocycles. The van der Waals surface area contributed by atoms with E-state index in [1.54, 1.807) is 33.0 Å². The number of thioether (sulfide) groups is 1. The Balaban J connectivity index is -0.0000000670. The van der Waals surface area contributed by atoms with Crippen molar-refractivity contribution in [1.82, 2.24) is 5.32 Å². The van der Waals surface area contributed by atoms with E-state index in [-0.39, 0.29) is 63.9 Å². The lowest BCUT2D eigenvalue weighted by molar-refractivity contribution is -0.327. The maximum atomic E-state index is 11.6. The molecular formula is C40H81F6NO15S2. The van der Waals surface area contributed by atoms with Crippen LogP contribution in [-0.2, 0) is 71.8 Å². The van der Waals surface area contributed by atoms with E-state index in [1.165, 1.54) is 61.8 Å². The molecule has 24 heteroatoms. The van der Waals surface area contributed by atoms with Crippen molar-refractivity contribution in [2.75, 3.05) is 72.7 Å². The molecule has 0 aromatic carbocycles. The van der Waals surface area contributed by atoms with Gasteiger partial charge in [0.25, 0.3) is 0 Å². The molecular weight excluding hydrogens is 913 g/mol. The molecule has 390 valence electrons. The summed E-state index contributed by atoms with van der Waals surface area (Å²) in [4.78, 5) is 71.0. The average molecular weight is 994 g/mol. The molecule has 0 radical (unpaired) electrons. The summed E-state index contributed by atoms with van der Waals surface area (Å²) in [5.41, 5.74) is -3.12. The minimum Gasteiger partial charge on any atom is -0.462 e. The maximum Gasteiger partial charge on any atom is 0.402 e. The first-order valence-corrected chi connectivity index (χ1v) is 22.7. The third kappa shape index (κ3) is 138. The fourth-order valence-electron chi connectivity index (χ4n) is 1.30. The van der Waals surface area contributed by atoms with E-state index in [9.17, 15) is 68.3 Å². The molecule has 1 amide bonds. The van der Waals surface area contributed by atoms with Crippen molar-refractivity contribution in [1.29, 1.82) is 0 Å². The van der Waals surface area contributed by atoms with Gasteiger partial charge >= 0.3 is 42.2 Å². The van der Waals surface area contributed by atoms with Gasteiger partial charge in [-0.2, -0.15) is 38.1 Å². The first-order valence-electron chi connectivity index (χ1n) is 18.7. The number of hydrogen-bond acceptors (Lipinski definition) is 16. The average Bonchev–Trinajstić information content (AvgIpc) is 3.03. The van der Waals surface area contributed by atoms with Crippen LogP contribution in [0.15, 0.2) is 0 Å². The van der Waals surface area contributed by atoms with E-state index in [0.717, 1.165) is 12.5 Å². The van der Waals surface area contributed by atoms with Crippen LogP contribution in [0.4, 0.5) is 26.3 Å². The molecule has 0 unspecified atom stereocenters. The molecule has 16 nitrogen and oxygen atoms in total. The van der Waals surface area contributed by atoms with Gasteiger partial charge in [-0.05, 0) is 45.6 Å². The van der Waals surface area contributed by atoms with Crippen LogP contribution < -0.4 is 5.32 Å². The number of alkyl halides is 6. The standard InChI is InChI=1S/C9H14O6.C6H10O4.C5H6F6.C5H12.C3H7NO.C3H6O.C3H8.C2H6O2S.C2H6O.C2H6S/c1-6(10)13-4-9(15-8(3)12)5-14-7(2)11;1-5(7)9-3-4-10-6(2)8;1-3(2,4(6,7)8)5(9,10)11;1-5(2,3)4;1-3(5)4-2;1-3(2)4;1-3-2;1-5(2,3)4;2*1-3-2/h9H,4-5H2,1-3H3;3-4H2,1-2H3;1-2H3;1-4H3;1-2H3,(H,4,5);1-2H3;3H2,1-2H3;1-2H3;2*1-2H3. The zero-order valence-corrected chi connectivity index (χ0v) is 44.0. The summed E-state index contributed by atoms with van der Waals surface area (Å²) in [6, 6.07) is 0. The Hall–Kier alpha value is -3.67. The van der Waals surface area contributed by atoms with Crippen LogP contribution in [0.1, 0.15) is 117 Å². The molecule has 0 aliphatic carbocycles. The molecule has 0 saturated heterocycles. The highest BCUT2D eigenvalue weighted by molar-refractivity contribution is 7.97. The number of carbonyl (C=O) groups excluding carboxylic acids is 7. The van der Waals surface area contributed by atoms with Crippen molar-refractivity contribution in [3.63, 3.8) is 0 Å². The second-order valence-corrected chi connectivity index (χ2v) is 17.6. The SMILES string of the molecule is CC(=O)OCC(COC(C)=O)OC(C)=O.CC(=O)OCCOC(C)=O.CC(C)(C(F)(F)F)C(F)(F)F.CC(C)(C)C.CC(C)=O.CCC.CNC(C)=O.COC.CS(C)(=O)=O.CSC. The summed E-state index contributed by atoms with van der Waals surface area (Å²) in [7, 11) is 2.18. The Bertz CT molecular complexity index is 1220. The Kier molecular flexibility index (Phi) is 65.9. The Labute approximate surface area is 383 Å². The highest BCUT2D eigenvalue weighted by Gasteiger charge is 2.64. The van der Waals surface area contributed by atoms with Gasteiger partial charge in [-0.25, -0.2) is 8.42 Å². The Morgan fingerprint density at radius 3 is 0.844 bits per heavy atom. The molecule has 0 aromatic rings. The van der Waals surface area contributed by atoms with Crippen LogP contribution in [0.2, 0.25) is 0 Å². The van der Waals surface area contributed by atoms with Crippen molar-refractivity contribution in [3.8, 4) is 0 Å². The number of hydrogen-bond donors (Lipinski definition) is 1. The molecule has 0 rings (SSSR count). The second kappa shape index (κ2) is 50.3. The summed E-state index contributed by atoms with van der Waals surface area (Å²) >= 11 is 1.75. The quantitative estimate of drug-likeness (QED) is 0.105. The van der Waals surface area contributed by atoms with Crippen molar-refractivity contribution < 1.29 is 96.7 Å². The summed E-state index contributed by atoms with van der Waals surface area (Å²) in [6.45, 7) is 24.0. The summed E-state index contributed by atoms with van der Waals surface area (Å²) in [5.74, 6) is -2.08. The second-order valence-electron chi connectivity index (χ2n) is 14.5. The van der Waals surface area contributed by atoms with Crippen LogP contribution in [-0.4, -0.2) is 141 Å². The Morgan fingerprint density at radius 2 is 0.750 bits per heavy atom. The molecule has 1 N–H and O–H groups in total. The molecule has 64 heavy (non-hydrogen) atoms. The van der Waals surface area contributed by atoms with Gasteiger partial charge in [0.1, 0.15) is 42.0 Å². The number of rotatable bonds is 8. The molecule has 0 aliphatic heterocycles. The summed E-state index contributed by atoms with van der Waals surface area (Å²) < 4.78 is 116. The first-order chi connectivity index (χ1) is 28.3. The molecule has 0 aliphatic rings. The number of amides is 1. The van der Waals surface area contributed by atoms with Gasteiger partial charge < -0.3 is 38.5 Å². The number of halogens is 6. The van der Waals surface area contributed by atoms with E-state index >= 15 is 0 Å². The number of carbonyl (C=O) groups is 7. The fourth-order valence-corrected chi connectivity index (χ4v) is 1.30. The molecule has 0 bridgehead atoms. The van der Waals surface area contributed by atoms with Gasteiger partial charge in [-0.15, -0.1) is 0 Å². The molecule has 0 saturated carbocycles. The first kappa shape index (κ1) is 83.8. The highest BCUT2D eigenvalue weighted by Crippen LogP contribution is 2.49. The Morgan fingerprint density at radius 1 is 0.578 bits per heavy atom. The molecule has 0 fully saturated rings. The molecule has 0 spiro atoms. The van der Waals surface area contributed by atoms with E-state index in [2.05, 4.69) is 70.5 Å². The number of ketones is 1. The van der Waals surface area contributed by atoms with Crippen molar-refractivity contribution in [2.24, 2.45) is 10.8 Å². The third-order valence-electron chi connectivity index (χ3n) is 3.74. The topological polar surface area (TPSA) is 221 Å². The smallest absolute Gasteiger partial charge is 0.402 e. The zero-order chi connectivity index (χ0) is 54.3. The highest BCUT2D eigenvalue weighted by atomic mass is 32.2. The third-order valence-corrected chi connectivity index (χ3v) is 3.74. The zero-order valence-electron chi connectivity index (χ0n) is 42.3. The number of ether oxygens (including phenoxy) is 6. The van der Waals surface area contributed by atoms with E-state index in [1.807, 2.05) is 12.5 Å². The van der Waals surface area contributed by atoms with Gasteiger partial charge in [0.15, 0.2) is 11.5 Å². The van der Waals surface area contributed by atoms with E-state index in [4.69, 9.17) is 4.74 Å². The van der Waals surface area contributed by atoms with Crippen molar-refractivity contribution in [2.45, 2.75) is 136 Å². The van der Waals surface area contributed by atoms with Crippen molar-refractivity contribution in [3.05, 3.63) is 0 Å². The van der Waals surface area contributed by atoms with Crippen LogP contribution in [0, 0.1) is 10.8 Å². The number of methoxy groups -OCH3 is 1. The van der Waals surface area contributed by atoms with Gasteiger partial charge in [0.05, 0.1) is 0 Å². The number of sulfone groups is 1. The number of nitrogens with one attached hydrogen (secondary N) is 1. The lowest BCUT2D eigenvalue weighted by Crippen LogP contribution is -2.44. The van der Waals surface area contributed by atoms with Crippen LogP contribution in [0.3, 0.4) is 0 Å². The predicted octanol–water partition coefficient (Wildman–Crippen LogP) is 8.01. The fraction of sp³-hybridized carbons (Fsp3) is 0.825. The summed E-state index contributed by atoms with van der Waals surface area (Å²) in [6.07, 6.45) is -3.59. The molecule has 0 atom stereocenters.